The number of nitrogens with zero attached hydrogens (tertiary/aromatic N) is 2. The number of fused-ring (bicyclic) bond motifs is 5. The maximum absolute atomic E-state index is 2.49. The molecule has 2 heteroatoms. The number of aryl methyl sites for hydroxylation is 2. The molecule has 0 aliphatic carbocycles. The summed E-state index contributed by atoms with van der Waals surface area (Å²) >= 11 is 0. The Morgan fingerprint density at radius 2 is 1.16 bits per heavy atom. The van der Waals surface area contributed by atoms with Gasteiger partial charge in [0.2, 0.25) is 0 Å². The van der Waals surface area contributed by atoms with E-state index in [1.165, 1.54) is 66.6 Å². The van der Waals surface area contributed by atoms with Gasteiger partial charge in [-0.3, -0.25) is 0 Å². The van der Waals surface area contributed by atoms with E-state index in [0.29, 0.717) is 0 Å². The lowest BCUT2D eigenvalue weighted by Crippen LogP contribution is -2.26. The molecule has 0 amide bonds. The second kappa shape index (κ2) is 9.47. The number of para-hydroxylation sites is 2. The van der Waals surface area contributed by atoms with Crippen molar-refractivity contribution in [2.24, 2.45) is 0 Å². The van der Waals surface area contributed by atoms with Gasteiger partial charge in [-0.2, -0.15) is 0 Å². The van der Waals surface area contributed by atoms with Crippen molar-refractivity contribution in [3.63, 3.8) is 0 Å². The van der Waals surface area contributed by atoms with Crippen LogP contribution in [0.5, 0.6) is 0 Å². The SMILES string of the molecule is Cc1cc(C)cc(N(c2ccc(-c3ccccc3)cc2)c2ccc3c(c2)c2cccc4c2n3-c2ccccc2C4(C)C)c1. The average molecular weight is 555 g/mol. The van der Waals surface area contributed by atoms with Gasteiger partial charge in [-0.25, -0.2) is 0 Å². The summed E-state index contributed by atoms with van der Waals surface area (Å²) in [6, 6.07) is 49.1. The minimum atomic E-state index is -0.0745. The van der Waals surface area contributed by atoms with Crippen LogP contribution in [0.1, 0.15) is 36.1 Å². The summed E-state index contributed by atoms with van der Waals surface area (Å²) in [4.78, 5) is 2.40. The van der Waals surface area contributed by atoms with Crippen LogP contribution in [0.15, 0.2) is 133 Å². The van der Waals surface area contributed by atoms with Crippen LogP contribution < -0.4 is 4.90 Å². The van der Waals surface area contributed by atoms with E-state index in [-0.39, 0.29) is 5.41 Å². The highest BCUT2D eigenvalue weighted by Gasteiger charge is 2.34. The van der Waals surface area contributed by atoms with Crippen molar-refractivity contribution in [3.8, 4) is 16.8 Å². The monoisotopic (exact) mass is 554 g/mol. The molecule has 1 aromatic heterocycles. The third-order valence-corrected chi connectivity index (χ3v) is 9.22. The molecule has 0 unspecified atom stereocenters. The molecule has 7 aromatic rings. The Hall–Kier alpha value is -5.08. The van der Waals surface area contributed by atoms with Crippen LogP contribution in [0, 0.1) is 13.8 Å². The molecule has 8 rings (SSSR count). The number of anilines is 3. The zero-order chi connectivity index (χ0) is 29.3. The van der Waals surface area contributed by atoms with E-state index in [9.17, 15) is 0 Å². The lowest BCUT2D eigenvalue weighted by Gasteiger charge is -2.34. The molecular weight excluding hydrogens is 520 g/mol. The molecule has 1 aliphatic heterocycles. The summed E-state index contributed by atoms with van der Waals surface area (Å²) < 4.78 is 2.49. The van der Waals surface area contributed by atoms with Gasteiger partial charge in [0.05, 0.1) is 16.7 Å². The van der Waals surface area contributed by atoms with Crippen LogP contribution in [-0.2, 0) is 5.41 Å². The van der Waals surface area contributed by atoms with Crippen LogP contribution in [0.25, 0.3) is 38.6 Å². The molecule has 2 heterocycles. The van der Waals surface area contributed by atoms with E-state index >= 15 is 0 Å². The zero-order valence-corrected chi connectivity index (χ0v) is 25.1. The maximum Gasteiger partial charge on any atom is 0.0582 e. The van der Waals surface area contributed by atoms with Gasteiger partial charge in [0.1, 0.15) is 0 Å². The molecule has 0 saturated heterocycles. The molecule has 0 fully saturated rings. The van der Waals surface area contributed by atoms with Crippen molar-refractivity contribution < 1.29 is 0 Å². The normalized spacial score (nSPS) is 13.3. The minimum Gasteiger partial charge on any atom is -0.310 e. The average Bonchev–Trinajstić information content (AvgIpc) is 3.35. The Bertz CT molecular complexity index is 2140. The molecular formula is C41H34N2. The minimum absolute atomic E-state index is 0.0745. The Balaban J connectivity index is 1.36. The molecule has 208 valence electrons. The zero-order valence-electron chi connectivity index (χ0n) is 25.1. The molecule has 6 aromatic carbocycles. The summed E-state index contributed by atoms with van der Waals surface area (Å²) in [6.07, 6.45) is 0. The van der Waals surface area contributed by atoms with Crippen molar-refractivity contribution in [3.05, 3.63) is 156 Å². The maximum atomic E-state index is 2.49. The lowest BCUT2D eigenvalue weighted by atomic mass is 9.75. The number of aromatic nitrogens is 1. The van der Waals surface area contributed by atoms with Crippen molar-refractivity contribution in [1.82, 2.24) is 4.57 Å². The van der Waals surface area contributed by atoms with E-state index in [4.69, 9.17) is 0 Å². The first-order valence-corrected chi connectivity index (χ1v) is 15.1. The van der Waals surface area contributed by atoms with Gasteiger partial charge in [0.15, 0.2) is 0 Å². The van der Waals surface area contributed by atoms with Gasteiger partial charge in [0.25, 0.3) is 0 Å². The Kier molecular flexibility index (Phi) is 5.64. The summed E-state index contributed by atoms with van der Waals surface area (Å²) in [5, 5.41) is 2.58. The van der Waals surface area contributed by atoms with Gasteiger partial charge in [0, 0.05) is 33.2 Å². The highest BCUT2D eigenvalue weighted by molar-refractivity contribution is 6.12. The van der Waals surface area contributed by atoms with Gasteiger partial charge >= 0.3 is 0 Å². The molecule has 0 N–H and O–H groups in total. The summed E-state index contributed by atoms with van der Waals surface area (Å²) in [6.45, 7) is 9.07. The predicted octanol–water partition coefficient (Wildman–Crippen LogP) is 11.2. The lowest BCUT2D eigenvalue weighted by molar-refractivity contribution is 0.630. The third-order valence-electron chi connectivity index (χ3n) is 9.22. The largest absolute Gasteiger partial charge is 0.310 e. The Morgan fingerprint density at radius 1 is 0.512 bits per heavy atom. The third kappa shape index (κ3) is 3.94. The molecule has 2 nitrogen and oxygen atoms in total. The number of rotatable bonds is 4. The smallest absolute Gasteiger partial charge is 0.0582 e. The highest BCUT2D eigenvalue weighted by atomic mass is 15.1. The van der Waals surface area contributed by atoms with Crippen molar-refractivity contribution in [2.75, 3.05) is 4.90 Å². The molecule has 0 spiro atoms. The van der Waals surface area contributed by atoms with E-state index < -0.39 is 0 Å². The Morgan fingerprint density at radius 3 is 1.93 bits per heavy atom. The second-order valence-corrected chi connectivity index (χ2v) is 12.5. The molecule has 0 radical (unpaired) electrons. The van der Waals surface area contributed by atoms with Gasteiger partial charge in [-0.15, -0.1) is 0 Å². The van der Waals surface area contributed by atoms with Crippen molar-refractivity contribution in [2.45, 2.75) is 33.1 Å². The van der Waals surface area contributed by atoms with Crippen LogP contribution >= 0.6 is 0 Å². The molecule has 1 aliphatic rings. The standard InChI is InChI=1S/C41H34N2/c1-27-23-28(2)25-33(24-27)42(31-19-17-30(18-20-31)29-11-6-5-7-12-29)32-21-22-38-35(26-32)34-13-10-15-37-40(34)43(38)39-16-9-8-14-36(39)41(37,3)4/h5-26H,1-4H3. The first-order chi connectivity index (χ1) is 20.9. The number of hydrogen-bond acceptors (Lipinski definition) is 1. The fraction of sp³-hybridized carbons (Fsp3) is 0.122. The first kappa shape index (κ1) is 25.6. The van der Waals surface area contributed by atoms with Crippen molar-refractivity contribution >= 4 is 38.9 Å². The highest BCUT2D eigenvalue weighted by Crippen LogP contribution is 2.48. The van der Waals surface area contributed by atoms with Crippen LogP contribution in [0.3, 0.4) is 0 Å². The first-order valence-electron chi connectivity index (χ1n) is 15.1. The molecule has 0 saturated carbocycles. The second-order valence-electron chi connectivity index (χ2n) is 12.5. The van der Waals surface area contributed by atoms with E-state index in [0.717, 1.165) is 11.4 Å². The quantitative estimate of drug-likeness (QED) is 0.210. The Labute approximate surface area is 253 Å². The van der Waals surface area contributed by atoms with Crippen LogP contribution in [-0.4, -0.2) is 4.57 Å². The van der Waals surface area contributed by atoms with Gasteiger partial charge < -0.3 is 9.47 Å². The van der Waals surface area contributed by atoms with E-state index in [2.05, 4.69) is 171 Å². The van der Waals surface area contributed by atoms with Gasteiger partial charge in [-0.05, 0) is 95.8 Å². The topological polar surface area (TPSA) is 8.17 Å². The number of benzene rings is 6. The predicted molar refractivity (Wildman–Crippen MR) is 183 cm³/mol. The molecule has 0 atom stereocenters. The summed E-state index contributed by atoms with van der Waals surface area (Å²) in [5.41, 5.74) is 14.9. The van der Waals surface area contributed by atoms with Gasteiger partial charge in [-0.1, -0.05) is 98.8 Å². The van der Waals surface area contributed by atoms with Crippen LogP contribution in [0.2, 0.25) is 0 Å². The van der Waals surface area contributed by atoms with Crippen molar-refractivity contribution in [1.29, 1.82) is 0 Å². The fourth-order valence-electron chi connectivity index (χ4n) is 7.25. The van der Waals surface area contributed by atoms with E-state index in [1.807, 2.05) is 0 Å². The summed E-state index contributed by atoms with van der Waals surface area (Å²) in [5.74, 6) is 0. The van der Waals surface area contributed by atoms with E-state index in [1.54, 1.807) is 0 Å². The number of hydrogen-bond donors (Lipinski definition) is 0. The summed E-state index contributed by atoms with van der Waals surface area (Å²) in [7, 11) is 0. The molecule has 43 heavy (non-hydrogen) atoms. The molecule has 0 bridgehead atoms. The fourth-order valence-corrected chi connectivity index (χ4v) is 7.25. The van der Waals surface area contributed by atoms with Crippen LogP contribution in [0.4, 0.5) is 17.1 Å².